The average Bonchev–Trinajstić information content (AvgIpc) is 1.57. The van der Waals surface area contributed by atoms with E-state index in [1.165, 1.54) is 35.8 Å². The van der Waals surface area contributed by atoms with Gasteiger partial charge in [0.15, 0.2) is 0 Å². The van der Waals surface area contributed by atoms with E-state index < -0.39 is 85.0 Å². The van der Waals surface area contributed by atoms with Crippen molar-refractivity contribution in [2.24, 2.45) is 17.6 Å². The van der Waals surface area contributed by atoms with Crippen molar-refractivity contribution in [1.82, 2.24) is 34.5 Å². The Bertz CT molecular complexity index is 4940. The number of carboxylic acid groups (broad SMARTS) is 1. The second-order valence-electron chi connectivity index (χ2n) is 27.3. The molecule has 2 aromatic heterocycles. The van der Waals surface area contributed by atoms with Crippen molar-refractivity contribution in [1.29, 1.82) is 0 Å². The molecule has 0 spiro atoms. The monoisotopic (exact) mass is 1530 g/mol. The van der Waals surface area contributed by atoms with Gasteiger partial charge >= 0.3 is 5.97 Å². The van der Waals surface area contributed by atoms with Gasteiger partial charge in [-0.25, -0.2) is 41.0 Å². The van der Waals surface area contributed by atoms with Crippen LogP contribution in [0.3, 0.4) is 0 Å². The van der Waals surface area contributed by atoms with Gasteiger partial charge in [0.25, 0.3) is 31.9 Å². The van der Waals surface area contributed by atoms with Gasteiger partial charge in [-0.15, -0.1) is 12.4 Å². The number of likely N-dealkylation sites (tertiary alicyclic amines) is 2. The van der Waals surface area contributed by atoms with Crippen molar-refractivity contribution in [2.45, 2.75) is 136 Å². The van der Waals surface area contributed by atoms with Crippen LogP contribution in [0.5, 0.6) is 34.5 Å². The molecule has 28 heteroatoms. The molecule has 14 rings (SSSR count). The summed E-state index contributed by atoms with van der Waals surface area (Å²) in [6.07, 6.45) is 14.9. The molecule has 0 bridgehead atoms. The third-order valence-corrected chi connectivity index (χ3v) is 22.6. The number of allylic oxidation sites excluding steroid dienone is 2. The first-order chi connectivity index (χ1) is 51.5. The van der Waals surface area contributed by atoms with Gasteiger partial charge in [-0.3, -0.25) is 24.0 Å². The van der Waals surface area contributed by atoms with E-state index in [0.717, 1.165) is 79.0 Å². The number of nitrogens with one attached hydrogen (secondary N) is 3. The molecule has 8 aromatic rings. The number of benzene rings is 6. The van der Waals surface area contributed by atoms with Gasteiger partial charge in [-0.1, -0.05) is 109 Å². The number of ether oxygens (including phenoxy) is 6. The highest BCUT2D eigenvalue weighted by Crippen LogP contribution is 2.47. The van der Waals surface area contributed by atoms with Crippen molar-refractivity contribution in [3.63, 3.8) is 0 Å². The molecule has 6 heterocycles. The van der Waals surface area contributed by atoms with E-state index in [-0.39, 0.29) is 83.8 Å². The minimum atomic E-state index is -4.36. The first-order valence-corrected chi connectivity index (χ1v) is 38.7. The predicted octanol–water partition coefficient (Wildman–Crippen LogP) is 10.7. The highest BCUT2D eigenvalue weighted by Gasteiger charge is 2.62. The lowest BCUT2D eigenvalue weighted by Gasteiger charge is -2.25. The Kier molecular flexibility index (Phi) is 24.8. The number of rotatable bonds is 11. The summed E-state index contributed by atoms with van der Waals surface area (Å²) < 4.78 is 91.6. The summed E-state index contributed by atoms with van der Waals surface area (Å²) in [7, 11) is -5.20. The number of fused-ring (bicyclic) bond motifs is 6. The number of carbonyl (C=O) groups is 6. The van der Waals surface area contributed by atoms with Gasteiger partial charge in [0.05, 0.1) is 62.9 Å². The molecular formula is C80H87ClN8O17S2. The normalized spacial score (nSPS) is 24.1. The third-order valence-electron chi connectivity index (χ3n) is 19.9. The van der Waals surface area contributed by atoms with Crippen LogP contribution in [0.25, 0.3) is 44.3 Å². The summed E-state index contributed by atoms with van der Waals surface area (Å²) in [6.45, 7) is 3.89. The van der Waals surface area contributed by atoms with E-state index in [9.17, 15) is 50.7 Å². The highest BCUT2D eigenvalue weighted by atomic mass is 35.5. The summed E-state index contributed by atoms with van der Waals surface area (Å²) in [5, 5.41) is 13.9. The van der Waals surface area contributed by atoms with Crippen molar-refractivity contribution in [2.75, 3.05) is 40.5 Å². The van der Waals surface area contributed by atoms with Crippen molar-refractivity contribution < 1.29 is 79.1 Å². The van der Waals surface area contributed by atoms with Crippen LogP contribution in [0.1, 0.15) is 90.9 Å². The number of amides is 5. The quantitative estimate of drug-likeness (QED) is 0.0751. The molecule has 25 nitrogen and oxygen atoms in total. The highest BCUT2D eigenvalue weighted by molar-refractivity contribution is 7.90. The van der Waals surface area contributed by atoms with Crippen molar-refractivity contribution in [3.05, 3.63) is 182 Å². The molecule has 4 fully saturated rings. The van der Waals surface area contributed by atoms with E-state index in [0.29, 0.717) is 59.4 Å². The zero-order valence-electron chi connectivity index (χ0n) is 60.2. The molecule has 6 aliphatic rings. The Hall–Kier alpha value is -10.6. The number of aliphatic carboxylic acids is 1. The molecule has 8 atom stereocenters. The van der Waals surface area contributed by atoms with Crippen LogP contribution < -0.4 is 48.9 Å². The largest absolute Gasteiger partial charge is 0.497 e. The lowest BCUT2D eigenvalue weighted by Crippen LogP contribution is -2.56. The van der Waals surface area contributed by atoms with E-state index in [1.54, 1.807) is 50.6 Å². The maximum absolute atomic E-state index is 14.1. The number of pyridine rings is 2. The zero-order chi connectivity index (χ0) is 75.6. The van der Waals surface area contributed by atoms with Gasteiger partial charge in [-0.05, 0) is 113 Å². The Balaban J connectivity index is 0.000000178. The molecule has 5 amide bonds. The molecule has 6 N–H and O–H groups in total. The Labute approximate surface area is 633 Å². The standard InChI is InChI=1S/C40H42N4O8S.C23H22N2O5.C17H22N2O4S.ClH/c1-26(45)44-25-30(52-36-23-32(27-13-7-6-8-14-27)41-33-21-29(50-2)18-19-31(33)36)22-34(44)38(46)42-40-24-28(40)15-9-4-3-5-12-20-51-35-16-10-11-17-37(35)53(48,49)43-39(40)47;1-14(26)25-13-17(11-21(25)23(27)28)30-22-12-19(15-6-4-3-5-7-15)24-20-10-16(29-2)8-9-18(20)22;18-17-12-13(17)8-4-2-1-3-7-11-23-14-9-5-6-10-15(14)24(21,22)19-16(17)20;/h6-11,13-19,21,23,28,30,34H,3-5,12,20,22,24-25H2,1-2H3,(H,42,46)(H,43,47);3-10,12,17,21H,11,13H2,1-2H3,(H,27,28);4-6,8-10,13H,1-3,7,11-12,18H2,(H,19,20);1H/b15-9-;;8-4-;/t28-,30-,34+,40-;17-,21+;13-,17-;/m111./s1. The second kappa shape index (κ2) is 34.1. The van der Waals surface area contributed by atoms with Gasteiger partial charge in [-0.2, -0.15) is 0 Å². The SMILES string of the molecule is COc1ccc2c(O[C@@H]3C[C@@H](C(=O)N[C@]45C[C@H]4/C=C\CCCCCOc4ccccc4S(=O)(=O)NC5=O)N(C(C)=O)C3)cc(-c3ccccc3)nc2c1.COc1ccc2c(O[C@@H]3C[C@@H](C(=O)O)N(C(C)=O)C3)cc(-c3ccccc3)nc2c1.Cl.N[C@]12C[C@H]1/C=C\CCCCCOc1ccccc1S(=O)(=O)NC2=O. The molecule has 568 valence electrons. The van der Waals surface area contributed by atoms with E-state index in [4.69, 9.17) is 44.1 Å². The number of aromatic nitrogens is 2. The Morgan fingerprint density at radius 2 is 1.01 bits per heavy atom. The number of nitrogens with zero attached hydrogens (tertiary/aromatic N) is 4. The van der Waals surface area contributed by atoms with Gasteiger partial charge in [0.1, 0.15) is 79.7 Å². The summed E-state index contributed by atoms with van der Waals surface area (Å²) in [4.78, 5) is 89.0. The first kappa shape index (κ1) is 78.5. The van der Waals surface area contributed by atoms with E-state index in [2.05, 4.69) is 14.8 Å². The van der Waals surface area contributed by atoms with Crippen LogP contribution in [0.4, 0.5) is 0 Å². The van der Waals surface area contributed by atoms with Crippen LogP contribution in [0.2, 0.25) is 0 Å². The summed E-state index contributed by atoms with van der Waals surface area (Å²) in [5.74, 6) is -1.40. The van der Waals surface area contributed by atoms with Crippen LogP contribution >= 0.6 is 12.4 Å². The number of carboxylic acids is 1. The number of hydrogen-bond donors (Lipinski definition) is 5. The Morgan fingerprint density at radius 3 is 1.47 bits per heavy atom. The number of para-hydroxylation sites is 2. The Morgan fingerprint density at radius 1 is 0.565 bits per heavy atom. The molecule has 0 unspecified atom stereocenters. The second-order valence-corrected chi connectivity index (χ2v) is 30.6. The van der Waals surface area contributed by atoms with E-state index in [1.807, 2.05) is 133 Å². The lowest BCUT2D eigenvalue weighted by atomic mass is 10.1. The van der Waals surface area contributed by atoms with Crippen molar-refractivity contribution >= 4 is 89.8 Å². The fourth-order valence-electron chi connectivity index (χ4n) is 13.8. The first-order valence-electron chi connectivity index (χ1n) is 35.7. The molecule has 2 saturated carbocycles. The van der Waals surface area contributed by atoms with Gasteiger partial charge < -0.3 is 54.4 Å². The number of nitrogens with two attached hydrogens (primary N) is 1. The molecule has 2 saturated heterocycles. The van der Waals surface area contributed by atoms with Gasteiger partial charge in [0, 0.05) is 84.7 Å². The maximum Gasteiger partial charge on any atom is 0.326 e. The summed E-state index contributed by atoms with van der Waals surface area (Å²) in [5.41, 5.74) is 8.01. The number of hydrogen-bond acceptors (Lipinski definition) is 19. The fraction of sp³-hybridized carbons (Fsp3) is 0.350. The minimum absolute atomic E-state index is 0. The minimum Gasteiger partial charge on any atom is -0.497 e. The van der Waals surface area contributed by atoms with Crippen LogP contribution in [-0.4, -0.2) is 153 Å². The predicted molar refractivity (Wildman–Crippen MR) is 407 cm³/mol. The average molecular weight is 1530 g/mol. The topological polar surface area (TPSA) is 341 Å². The molecule has 2 aliphatic carbocycles. The van der Waals surface area contributed by atoms with Gasteiger partial charge in [0.2, 0.25) is 17.7 Å². The molecular weight excluding hydrogens is 1440 g/mol. The maximum atomic E-state index is 14.1. The number of sulfonamides is 2. The van der Waals surface area contributed by atoms with Crippen molar-refractivity contribution in [3.8, 4) is 57.0 Å². The van der Waals surface area contributed by atoms with Crippen LogP contribution in [0, 0.1) is 11.8 Å². The zero-order valence-corrected chi connectivity index (χ0v) is 62.6. The molecule has 4 aliphatic heterocycles. The van der Waals surface area contributed by atoms with Crippen LogP contribution in [0.15, 0.2) is 192 Å². The summed E-state index contributed by atoms with van der Waals surface area (Å²) in [6, 6.07) is 44.8. The summed E-state index contributed by atoms with van der Waals surface area (Å²) >= 11 is 0. The fourth-order valence-corrected chi connectivity index (χ4v) is 16.2. The number of methoxy groups -OCH3 is 2. The van der Waals surface area contributed by atoms with E-state index >= 15 is 0 Å². The molecule has 6 aromatic carbocycles. The smallest absolute Gasteiger partial charge is 0.326 e. The molecule has 108 heavy (non-hydrogen) atoms. The lowest BCUT2D eigenvalue weighted by molar-refractivity contribution is -0.147. The van der Waals surface area contributed by atoms with Crippen LogP contribution in [-0.2, 0) is 48.8 Å². The third kappa shape index (κ3) is 18.2. The molecule has 0 radical (unpaired) electrons. The number of carbonyl (C=O) groups excluding carboxylic acids is 5. The number of halogens is 1.